The molecule has 172 valence electrons. The zero-order valence-electron chi connectivity index (χ0n) is 19.7. The van der Waals surface area contributed by atoms with Crippen LogP contribution in [0.1, 0.15) is 0 Å². The van der Waals surface area contributed by atoms with Gasteiger partial charge in [-0.25, -0.2) is 9.55 Å². The minimum atomic E-state index is 0.780. The Morgan fingerprint density at radius 3 is 2.33 bits per heavy atom. The van der Waals surface area contributed by atoms with Crippen molar-refractivity contribution >= 4 is 32.8 Å². The van der Waals surface area contributed by atoms with Crippen LogP contribution in [0.15, 0.2) is 122 Å². The fourth-order valence-electron chi connectivity index (χ4n) is 5.05. The van der Waals surface area contributed by atoms with Gasteiger partial charge in [0.1, 0.15) is 23.0 Å². The Morgan fingerprint density at radius 1 is 0.667 bits per heavy atom. The smallest absolute Gasteiger partial charge is 0.249 e. The van der Waals surface area contributed by atoms with Crippen LogP contribution in [-0.2, 0) is 7.05 Å². The zero-order chi connectivity index (χ0) is 24.1. The SMILES string of the molecule is C[n+]1cn(-c2cccc(Oc3ccc4c5ccccc5n(-c5ccccn5)c4c3)c2)c2ccccc21. The number of benzene rings is 4. The predicted molar refractivity (Wildman–Crippen MR) is 143 cm³/mol. The number of pyridine rings is 1. The van der Waals surface area contributed by atoms with Gasteiger partial charge in [0.25, 0.3) is 0 Å². The van der Waals surface area contributed by atoms with Gasteiger partial charge in [0.15, 0.2) is 11.0 Å². The maximum absolute atomic E-state index is 6.40. The summed E-state index contributed by atoms with van der Waals surface area (Å²) in [6, 6.07) is 37.3. The Balaban J connectivity index is 1.33. The van der Waals surface area contributed by atoms with Crippen LogP contribution in [0.4, 0.5) is 0 Å². The summed E-state index contributed by atoms with van der Waals surface area (Å²) in [4.78, 5) is 4.62. The molecule has 0 unspecified atom stereocenters. The van der Waals surface area contributed by atoms with Crippen LogP contribution in [0.5, 0.6) is 11.5 Å². The summed E-state index contributed by atoms with van der Waals surface area (Å²) in [6.07, 6.45) is 3.92. The first kappa shape index (κ1) is 20.5. The normalized spacial score (nSPS) is 11.5. The number of aryl methyl sites for hydroxylation is 1. The van der Waals surface area contributed by atoms with Crippen LogP contribution >= 0.6 is 0 Å². The van der Waals surface area contributed by atoms with Crippen molar-refractivity contribution < 1.29 is 9.30 Å². The minimum Gasteiger partial charge on any atom is -0.457 e. The summed E-state index contributed by atoms with van der Waals surface area (Å²) in [5.41, 5.74) is 5.56. The third-order valence-corrected chi connectivity index (χ3v) is 6.67. The van der Waals surface area contributed by atoms with E-state index in [9.17, 15) is 0 Å². The molecule has 5 heteroatoms. The molecule has 0 aliphatic rings. The number of para-hydroxylation sites is 3. The molecule has 7 rings (SSSR count). The molecule has 0 amide bonds. The van der Waals surface area contributed by atoms with E-state index < -0.39 is 0 Å². The Labute approximate surface area is 208 Å². The van der Waals surface area contributed by atoms with Gasteiger partial charge in [0.2, 0.25) is 6.33 Å². The fraction of sp³-hybridized carbons (Fsp3) is 0.0323. The lowest BCUT2D eigenvalue weighted by Gasteiger charge is -2.09. The first-order valence-electron chi connectivity index (χ1n) is 11.9. The summed E-state index contributed by atoms with van der Waals surface area (Å²) < 4.78 is 12.9. The molecule has 0 radical (unpaired) electrons. The summed E-state index contributed by atoms with van der Waals surface area (Å²) in [6.45, 7) is 0. The van der Waals surface area contributed by atoms with Crippen LogP contribution in [0, 0.1) is 0 Å². The minimum absolute atomic E-state index is 0.780. The number of fused-ring (bicyclic) bond motifs is 4. The molecule has 0 fully saturated rings. The van der Waals surface area contributed by atoms with Crippen molar-refractivity contribution in [3.63, 3.8) is 0 Å². The number of ether oxygens (including phenoxy) is 1. The molecule has 0 saturated carbocycles. The van der Waals surface area contributed by atoms with Crippen LogP contribution in [0.2, 0.25) is 0 Å². The molecule has 7 aromatic rings. The van der Waals surface area contributed by atoms with E-state index in [0.717, 1.165) is 39.6 Å². The largest absolute Gasteiger partial charge is 0.457 e. The van der Waals surface area contributed by atoms with Crippen molar-refractivity contribution in [1.82, 2.24) is 14.1 Å². The third kappa shape index (κ3) is 3.25. The summed E-state index contributed by atoms with van der Waals surface area (Å²) >= 11 is 0. The first-order valence-corrected chi connectivity index (χ1v) is 11.9. The molecule has 36 heavy (non-hydrogen) atoms. The Hall–Kier alpha value is -4.90. The van der Waals surface area contributed by atoms with Gasteiger partial charge in [0, 0.05) is 29.1 Å². The van der Waals surface area contributed by atoms with Crippen molar-refractivity contribution in [3.8, 4) is 23.0 Å². The van der Waals surface area contributed by atoms with E-state index in [4.69, 9.17) is 4.74 Å². The van der Waals surface area contributed by atoms with Crippen molar-refractivity contribution in [2.75, 3.05) is 0 Å². The lowest BCUT2D eigenvalue weighted by molar-refractivity contribution is -0.645. The second kappa shape index (κ2) is 8.10. The van der Waals surface area contributed by atoms with Gasteiger partial charge in [-0.2, -0.15) is 4.57 Å². The van der Waals surface area contributed by atoms with Gasteiger partial charge >= 0.3 is 0 Å². The van der Waals surface area contributed by atoms with E-state index in [1.54, 1.807) is 0 Å². The van der Waals surface area contributed by atoms with E-state index in [1.165, 1.54) is 16.3 Å². The van der Waals surface area contributed by atoms with Crippen LogP contribution in [-0.4, -0.2) is 14.1 Å². The van der Waals surface area contributed by atoms with Gasteiger partial charge in [0.05, 0.1) is 18.1 Å². The Kier molecular flexibility index (Phi) is 4.61. The van der Waals surface area contributed by atoms with Crippen molar-refractivity contribution in [1.29, 1.82) is 0 Å². The van der Waals surface area contributed by atoms with E-state index in [0.29, 0.717) is 0 Å². The molecule has 0 saturated heterocycles. The lowest BCUT2D eigenvalue weighted by Crippen LogP contribution is -2.25. The quantitative estimate of drug-likeness (QED) is 0.269. The highest BCUT2D eigenvalue weighted by Gasteiger charge is 2.16. The molecular weight excluding hydrogens is 444 g/mol. The second-order valence-electron chi connectivity index (χ2n) is 8.90. The van der Waals surface area contributed by atoms with Crippen molar-refractivity contribution in [3.05, 3.63) is 122 Å². The van der Waals surface area contributed by atoms with E-state index in [1.807, 2.05) is 42.6 Å². The van der Waals surface area contributed by atoms with Gasteiger partial charge in [-0.05, 0) is 54.6 Å². The molecule has 0 bridgehead atoms. The highest BCUT2D eigenvalue weighted by molar-refractivity contribution is 6.09. The highest BCUT2D eigenvalue weighted by Crippen LogP contribution is 2.35. The molecule has 3 heterocycles. The predicted octanol–water partition coefficient (Wildman–Crippen LogP) is 6.74. The van der Waals surface area contributed by atoms with Crippen molar-refractivity contribution in [2.24, 2.45) is 7.05 Å². The van der Waals surface area contributed by atoms with Crippen molar-refractivity contribution in [2.45, 2.75) is 0 Å². The van der Waals surface area contributed by atoms with Gasteiger partial charge in [-0.1, -0.05) is 42.5 Å². The monoisotopic (exact) mass is 467 g/mol. The maximum Gasteiger partial charge on any atom is 0.249 e. The summed E-state index contributed by atoms with van der Waals surface area (Å²) in [5, 5.41) is 2.36. The van der Waals surface area contributed by atoms with Gasteiger partial charge in [-0.3, -0.25) is 4.57 Å². The van der Waals surface area contributed by atoms with Gasteiger partial charge < -0.3 is 4.74 Å². The Morgan fingerprint density at radius 2 is 1.44 bits per heavy atom. The maximum atomic E-state index is 6.40. The molecule has 3 aromatic heterocycles. The average Bonchev–Trinajstić information content (AvgIpc) is 3.44. The van der Waals surface area contributed by atoms with E-state index in [-0.39, 0.29) is 0 Å². The molecule has 0 spiro atoms. The number of imidazole rings is 1. The molecule has 0 aliphatic heterocycles. The second-order valence-corrected chi connectivity index (χ2v) is 8.90. The number of hydrogen-bond acceptors (Lipinski definition) is 2. The number of aromatic nitrogens is 4. The van der Waals surface area contributed by atoms with Gasteiger partial charge in [-0.15, -0.1) is 0 Å². The standard InChI is InChI=1S/C31H23N4O/c1-33-21-34(29-14-5-4-13-28(29)33)22-9-8-10-23(19-22)36-24-16-17-26-25-11-2-3-12-27(25)35(30(26)20-24)31-15-6-7-18-32-31/h2-21H,1H3/q+1. The number of hydrogen-bond donors (Lipinski definition) is 0. The molecular formula is C31H23N4O+. The highest BCUT2D eigenvalue weighted by atomic mass is 16.5. The molecule has 0 atom stereocenters. The number of nitrogens with zero attached hydrogens (tertiary/aromatic N) is 4. The van der Waals surface area contributed by atoms with Crippen LogP contribution < -0.4 is 9.30 Å². The zero-order valence-corrected chi connectivity index (χ0v) is 19.7. The lowest BCUT2D eigenvalue weighted by atomic mass is 10.1. The van der Waals surface area contributed by atoms with Crippen LogP contribution in [0.3, 0.4) is 0 Å². The third-order valence-electron chi connectivity index (χ3n) is 6.67. The Bertz CT molecular complexity index is 1880. The first-order chi connectivity index (χ1) is 17.8. The molecule has 0 aliphatic carbocycles. The molecule has 5 nitrogen and oxygen atoms in total. The topological polar surface area (TPSA) is 35.9 Å². The average molecular weight is 468 g/mol. The van der Waals surface area contributed by atoms with E-state index >= 15 is 0 Å². The van der Waals surface area contributed by atoms with Crippen LogP contribution in [0.25, 0.3) is 44.3 Å². The number of rotatable bonds is 4. The molecule has 0 N–H and O–H groups in total. The summed E-state index contributed by atoms with van der Waals surface area (Å²) in [5.74, 6) is 2.45. The fourth-order valence-corrected chi connectivity index (χ4v) is 5.05. The molecule has 4 aromatic carbocycles. The summed E-state index contributed by atoms with van der Waals surface area (Å²) in [7, 11) is 2.06. The van der Waals surface area contributed by atoms with E-state index in [2.05, 4.69) is 105 Å².